The Hall–Kier alpha value is -2.04. The molecule has 0 aromatic heterocycles. The van der Waals surface area contributed by atoms with Gasteiger partial charge in [0, 0.05) is 5.56 Å². The number of methoxy groups -OCH3 is 2. The molecule has 1 unspecified atom stereocenters. The number of hydrogen-bond donors (Lipinski definition) is 1. The number of hydrogen-bond acceptors (Lipinski definition) is 4. The van der Waals surface area contributed by atoms with E-state index in [1.54, 1.807) is 19.9 Å². The molecular weight excluding hydrogens is 248 g/mol. The number of benzene rings is 1. The number of Topliss-reactive ketones (excluding diaryl/α,β-unsaturated/α-hetero) is 1. The Labute approximate surface area is 112 Å². The molecule has 1 rings (SSSR count). The molecule has 0 heterocycles. The predicted octanol–water partition coefficient (Wildman–Crippen LogP) is 2.31. The van der Waals surface area contributed by atoms with E-state index in [0.717, 1.165) is 0 Å². The maximum atomic E-state index is 12.2. The van der Waals surface area contributed by atoms with Gasteiger partial charge in [0.1, 0.15) is 5.92 Å². The number of rotatable bonds is 6. The molecule has 1 N–H and O–H groups in total. The highest BCUT2D eigenvalue weighted by atomic mass is 16.5. The number of ketones is 1. The van der Waals surface area contributed by atoms with Crippen molar-refractivity contribution in [2.75, 3.05) is 14.2 Å². The predicted molar refractivity (Wildman–Crippen MR) is 70.0 cm³/mol. The zero-order chi connectivity index (χ0) is 14.6. The lowest BCUT2D eigenvalue weighted by Gasteiger charge is -2.14. The van der Waals surface area contributed by atoms with Gasteiger partial charge in [-0.05, 0) is 31.0 Å². The van der Waals surface area contributed by atoms with E-state index in [4.69, 9.17) is 14.6 Å². The molecule has 0 aliphatic rings. The second-order valence-electron chi connectivity index (χ2n) is 4.19. The summed E-state index contributed by atoms with van der Waals surface area (Å²) in [7, 11) is 2.97. The van der Waals surface area contributed by atoms with E-state index in [1.165, 1.54) is 20.3 Å². The van der Waals surface area contributed by atoms with E-state index in [9.17, 15) is 9.59 Å². The van der Waals surface area contributed by atoms with Gasteiger partial charge in [-0.1, -0.05) is 6.92 Å². The molecule has 0 amide bonds. The topological polar surface area (TPSA) is 72.8 Å². The van der Waals surface area contributed by atoms with Crippen molar-refractivity contribution in [1.82, 2.24) is 0 Å². The standard InChI is InChI=1S/C14H18O5/c1-5-9(14(16)17)13(15)10-7-12(19-4)11(18-3)6-8(10)2/h6-7,9H,5H2,1-4H3,(H,16,17). The monoisotopic (exact) mass is 266 g/mol. The van der Waals surface area contributed by atoms with Crippen LogP contribution in [-0.2, 0) is 4.79 Å². The first-order chi connectivity index (χ1) is 8.96. The lowest BCUT2D eigenvalue weighted by atomic mass is 9.92. The van der Waals surface area contributed by atoms with Crippen molar-refractivity contribution in [3.05, 3.63) is 23.3 Å². The van der Waals surface area contributed by atoms with Crippen LogP contribution in [0.2, 0.25) is 0 Å². The van der Waals surface area contributed by atoms with Crippen molar-refractivity contribution < 1.29 is 24.2 Å². The van der Waals surface area contributed by atoms with Gasteiger partial charge in [-0.25, -0.2) is 0 Å². The van der Waals surface area contributed by atoms with Crippen molar-refractivity contribution in [1.29, 1.82) is 0 Å². The van der Waals surface area contributed by atoms with Crippen LogP contribution >= 0.6 is 0 Å². The van der Waals surface area contributed by atoms with Crippen molar-refractivity contribution >= 4 is 11.8 Å². The maximum absolute atomic E-state index is 12.2. The van der Waals surface area contributed by atoms with Crippen LogP contribution in [0, 0.1) is 12.8 Å². The average Bonchev–Trinajstić information content (AvgIpc) is 2.38. The van der Waals surface area contributed by atoms with E-state index in [-0.39, 0.29) is 6.42 Å². The van der Waals surface area contributed by atoms with Crippen LogP contribution in [-0.4, -0.2) is 31.1 Å². The minimum absolute atomic E-state index is 0.252. The number of aliphatic carboxylic acids is 1. The zero-order valence-electron chi connectivity index (χ0n) is 11.5. The molecule has 0 aliphatic carbocycles. The Bertz CT molecular complexity index is 493. The summed E-state index contributed by atoms with van der Waals surface area (Å²) in [5.41, 5.74) is 1.02. The largest absolute Gasteiger partial charge is 0.493 e. The van der Waals surface area contributed by atoms with E-state index in [2.05, 4.69) is 0 Å². The summed E-state index contributed by atoms with van der Waals surface area (Å²) in [5, 5.41) is 9.05. The number of carboxylic acid groups (broad SMARTS) is 1. The summed E-state index contributed by atoms with van der Waals surface area (Å²) in [5.74, 6) is -1.62. The van der Waals surface area contributed by atoms with Crippen LogP contribution < -0.4 is 9.47 Å². The number of carbonyl (C=O) groups is 2. The van der Waals surface area contributed by atoms with Crippen molar-refractivity contribution in [3.8, 4) is 11.5 Å². The molecular formula is C14H18O5. The van der Waals surface area contributed by atoms with Gasteiger partial charge in [0.05, 0.1) is 14.2 Å². The van der Waals surface area contributed by atoms with Crippen molar-refractivity contribution in [3.63, 3.8) is 0 Å². The van der Waals surface area contributed by atoms with E-state index in [1.807, 2.05) is 0 Å². The third-order valence-electron chi connectivity index (χ3n) is 3.02. The van der Waals surface area contributed by atoms with Gasteiger partial charge in [-0.3, -0.25) is 9.59 Å². The average molecular weight is 266 g/mol. The first kappa shape index (κ1) is 15.0. The van der Waals surface area contributed by atoms with Gasteiger partial charge < -0.3 is 14.6 Å². The Morgan fingerprint density at radius 1 is 1.21 bits per heavy atom. The number of carbonyl (C=O) groups excluding carboxylic acids is 1. The first-order valence-corrected chi connectivity index (χ1v) is 5.95. The Kier molecular flexibility index (Phi) is 4.92. The molecule has 19 heavy (non-hydrogen) atoms. The second kappa shape index (κ2) is 6.22. The van der Waals surface area contributed by atoms with E-state index < -0.39 is 17.7 Å². The first-order valence-electron chi connectivity index (χ1n) is 5.95. The molecule has 1 aromatic carbocycles. The highest BCUT2D eigenvalue weighted by Crippen LogP contribution is 2.31. The Balaban J connectivity index is 3.27. The quantitative estimate of drug-likeness (QED) is 0.631. The third kappa shape index (κ3) is 3.05. The lowest BCUT2D eigenvalue weighted by molar-refractivity contribution is -0.140. The molecule has 0 aliphatic heterocycles. The van der Waals surface area contributed by atoms with Gasteiger partial charge in [0.25, 0.3) is 0 Å². The molecule has 1 aromatic rings. The Morgan fingerprint density at radius 3 is 2.16 bits per heavy atom. The summed E-state index contributed by atoms with van der Waals surface area (Å²) in [4.78, 5) is 23.3. The normalized spacial score (nSPS) is 11.8. The van der Waals surface area contributed by atoms with Gasteiger partial charge in [0.2, 0.25) is 0 Å². The summed E-state index contributed by atoms with van der Waals surface area (Å²) < 4.78 is 10.3. The van der Waals surface area contributed by atoms with Gasteiger partial charge in [-0.15, -0.1) is 0 Å². The van der Waals surface area contributed by atoms with Gasteiger partial charge in [-0.2, -0.15) is 0 Å². The van der Waals surface area contributed by atoms with Crippen LogP contribution in [0.4, 0.5) is 0 Å². The summed E-state index contributed by atoms with van der Waals surface area (Å²) in [6.07, 6.45) is 0.252. The minimum Gasteiger partial charge on any atom is -0.493 e. The fraction of sp³-hybridized carbons (Fsp3) is 0.429. The third-order valence-corrected chi connectivity index (χ3v) is 3.02. The van der Waals surface area contributed by atoms with Gasteiger partial charge >= 0.3 is 5.97 Å². The van der Waals surface area contributed by atoms with Crippen LogP contribution in [0.1, 0.15) is 29.3 Å². The second-order valence-corrected chi connectivity index (χ2v) is 4.19. The Morgan fingerprint density at radius 2 is 1.74 bits per heavy atom. The van der Waals surface area contributed by atoms with Crippen LogP contribution in [0.25, 0.3) is 0 Å². The molecule has 0 fully saturated rings. The molecule has 1 atom stereocenters. The molecule has 104 valence electrons. The minimum atomic E-state index is -1.11. The van der Waals surface area contributed by atoms with Gasteiger partial charge in [0.15, 0.2) is 17.3 Å². The number of aryl methyl sites for hydroxylation is 1. The molecule has 0 spiro atoms. The van der Waals surface area contributed by atoms with Crippen LogP contribution in [0.15, 0.2) is 12.1 Å². The molecule has 5 nitrogen and oxygen atoms in total. The summed E-state index contributed by atoms with van der Waals surface area (Å²) >= 11 is 0. The molecule has 0 radical (unpaired) electrons. The zero-order valence-corrected chi connectivity index (χ0v) is 11.5. The highest BCUT2D eigenvalue weighted by Gasteiger charge is 2.27. The smallest absolute Gasteiger partial charge is 0.314 e. The number of carboxylic acids is 1. The van der Waals surface area contributed by atoms with Crippen LogP contribution in [0.3, 0.4) is 0 Å². The summed E-state index contributed by atoms with van der Waals surface area (Å²) in [6.45, 7) is 3.41. The summed E-state index contributed by atoms with van der Waals surface area (Å²) in [6, 6.07) is 3.20. The molecule has 5 heteroatoms. The molecule has 0 saturated heterocycles. The highest BCUT2D eigenvalue weighted by molar-refractivity contribution is 6.09. The SMILES string of the molecule is CCC(C(=O)O)C(=O)c1cc(OC)c(OC)cc1C. The molecule has 0 bridgehead atoms. The van der Waals surface area contributed by atoms with E-state index >= 15 is 0 Å². The van der Waals surface area contributed by atoms with Crippen molar-refractivity contribution in [2.45, 2.75) is 20.3 Å². The maximum Gasteiger partial charge on any atom is 0.314 e. The lowest BCUT2D eigenvalue weighted by Crippen LogP contribution is -2.23. The fourth-order valence-electron chi connectivity index (χ4n) is 1.91. The molecule has 0 saturated carbocycles. The number of ether oxygens (including phenoxy) is 2. The van der Waals surface area contributed by atoms with Crippen molar-refractivity contribution in [2.24, 2.45) is 5.92 Å². The van der Waals surface area contributed by atoms with E-state index in [0.29, 0.717) is 22.6 Å². The van der Waals surface area contributed by atoms with Crippen LogP contribution in [0.5, 0.6) is 11.5 Å². The fourth-order valence-corrected chi connectivity index (χ4v) is 1.91.